The fourth-order valence-corrected chi connectivity index (χ4v) is 3.86. The summed E-state index contributed by atoms with van der Waals surface area (Å²) in [5.74, 6) is -1.21. The summed E-state index contributed by atoms with van der Waals surface area (Å²) in [7, 11) is -3.82. The van der Waals surface area contributed by atoms with Gasteiger partial charge in [0.1, 0.15) is 10.6 Å². The van der Waals surface area contributed by atoms with E-state index < -0.39 is 16.0 Å². The van der Waals surface area contributed by atoms with Crippen LogP contribution in [0.2, 0.25) is 0 Å². The molecule has 0 aliphatic rings. The van der Waals surface area contributed by atoms with Gasteiger partial charge in [-0.15, -0.1) is 0 Å². The minimum atomic E-state index is -3.82. The van der Waals surface area contributed by atoms with Crippen molar-refractivity contribution >= 4 is 32.5 Å². The first-order chi connectivity index (χ1) is 9.85. The minimum Gasteiger partial charge on any atom is -0.478 e. The van der Waals surface area contributed by atoms with Gasteiger partial charge in [-0.05, 0) is 42.6 Å². The lowest BCUT2D eigenvalue weighted by Crippen LogP contribution is -2.14. The van der Waals surface area contributed by atoms with E-state index in [4.69, 9.17) is 5.11 Å². The number of nitrogens with one attached hydrogen (secondary N) is 1. The Hall–Kier alpha value is -1.93. The summed E-state index contributed by atoms with van der Waals surface area (Å²) >= 11 is 0.813. The quantitative estimate of drug-likeness (QED) is 0.880. The molecule has 2 aromatic rings. The van der Waals surface area contributed by atoms with Crippen molar-refractivity contribution < 1.29 is 18.3 Å². The van der Waals surface area contributed by atoms with E-state index in [1.54, 1.807) is 12.1 Å². The van der Waals surface area contributed by atoms with E-state index in [0.29, 0.717) is 0 Å². The van der Waals surface area contributed by atoms with Crippen LogP contribution in [0.15, 0.2) is 29.2 Å². The number of aromatic nitrogens is 1. The average Bonchev–Trinajstić information content (AvgIpc) is 2.79. The summed E-state index contributed by atoms with van der Waals surface area (Å²) < 4.78 is 30.7. The van der Waals surface area contributed by atoms with Gasteiger partial charge in [0.2, 0.25) is 0 Å². The van der Waals surface area contributed by atoms with E-state index in [-0.39, 0.29) is 21.2 Å². The van der Waals surface area contributed by atoms with Crippen molar-refractivity contribution in [3.8, 4) is 0 Å². The van der Waals surface area contributed by atoms with Crippen LogP contribution in [0.4, 0.5) is 5.00 Å². The Labute approximate surface area is 126 Å². The molecule has 2 rings (SSSR count). The Morgan fingerprint density at radius 3 is 2.48 bits per heavy atom. The molecule has 8 heteroatoms. The van der Waals surface area contributed by atoms with Crippen molar-refractivity contribution in [1.82, 2.24) is 4.37 Å². The van der Waals surface area contributed by atoms with Gasteiger partial charge >= 0.3 is 5.97 Å². The van der Waals surface area contributed by atoms with Crippen molar-refractivity contribution in [3.63, 3.8) is 0 Å². The largest absolute Gasteiger partial charge is 0.478 e. The lowest BCUT2D eigenvalue weighted by molar-refractivity contribution is 0.0697. The van der Waals surface area contributed by atoms with Crippen molar-refractivity contribution in [2.24, 2.45) is 0 Å². The second kappa shape index (κ2) is 5.82. The molecule has 0 saturated carbocycles. The van der Waals surface area contributed by atoms with Crippen molar-refractivity contribution in [2.75, 3.05) is 4.72 Å². The summed E-state index contributed by atoms with van der Waals surface area (Å²) in [6.07, 6.45) is 0.810. The Bertz CT molecular complexity index is 764. The first kappa shape index (κ1) is 15.5. The highest BCUT2D eigenvalue weighted by Gasteiger charge is 2.22. The Kier molecular flexibility index (Phi) is 4.29. The maximum Gasteiger partial charge on any atom is 0.340 e. The number of carbonyl (C=O) groups is 1. The highest BCUT2D eigenvalue weighted by molar-refractivity contribution is 7.93. The summed E-state index contributed by atoms with van der Waals surface area (Å²) in [5, 5.41) is 9.12. The summed E-state index contributed by atoms with van der Waals surface area (Å²) in [5.41, 5.74) is 1.19. The van der Waals surface area contributed by atoms with Crippen LogP contribution >= 0.6 is 11.5 Å². The fraction of sp³-hybridized carbons (Fsp3) is 0.231. The molecule has 112 valence electrons. The van der Waals surface area contributed by atoms with Gasteiger partial charge in [-0.25, -0.2) is 13.2 Å². The molecule has 2 N–H and O–H groups in total. The second-order valence-corrected chi connectivity index (χ2v) is 6.84. The number of hydrogen-bond acceptors (Lipinski definition) is 5. The predicted octanol–water partition coefficient (Wildman–Crippen LogP) is 2.51. The Balaban J connectivity index is 2.35. The lowest BCUT2D eigenvalue weighted by Gasteiger charge is -2.07. The van der Waals surface area contributed by atoms with E-state index in [0.717, 1.165) is 23.5 Å². The molecule has 0 atom stereocenters. The normalized spacial score (nSPS) is 11.3. The van der Waals surface area contributed by atoms with Crippen LogP contribution in [-0.4, -0.2) is 23.9 Å². The summed E-state index contributed by atoms with van der Waals surface area (Å²) in [4.78, 5) is 11.2. The maximum atomic E-state index is 12.3. The molecular formula is C13H14N2O4S2. The van der Waals surface area contributed by atoms with Crippen LogP contribution in [0.1, 0.15) is 28.5 Å². The fourth-order valence-electron chi connectivity index (χ4n) is 1.78. The third kappa shape index (κ3) is 3.22. The molecule has 21 heavy (non-hydrogen) atoms. The monoisotopic (exact) mass is 326 g/mol. The summed E-state index contributed by atoms with van der Waals surface area (Å²) in [6, 6.07) is 6.44. The molecule has 0 unspecified atom stereocenters. The van der Waals surface area contributed by atoms with Crippen LogP contribution in [0, 0.1) is 6.92 Å². The number of nitrogens with zero attached hydrogens (tertiary/aromatic N) is 1. The number of rotatable bonds is 5. The number of hydrogen-bond donors (Lipinski definition) is 2. The molecule has 0 bridgehead atoms. The second-order valence-electron chi connectivity index (χ2n) is 4.38. The molecule has 0 aliphatic heterocycles. The molecule has 0 spiro atoms. The third-order valence-corrected chi connectivity index (χ3v) is 5.29. The molecule has 1 aromatic heterocycles. The molecule has 0 fully saturated rings. The number of anilines is 1. The zero-order chi connectivity index (χ0) is 15.6. The van der Waals surface area contributed by atoms with Crippen LogP contribution in [0.25, 0.3) is 0 Å². The SMILES string of the molecule is CCc1ccc(S(=O)(=O)Nc2snc(C)c2C(=O)O)cc1. The molecular weight excluding hydrogens is 312 g/mol. The van der Waals surface area contributed by atoms with Gasteiger partial charge in [0, 0.05) is 0 Å². The topological polar surface area (TPSA) is 96.4 Å². The Morgan fingerprint density at radius 2 is 1.95 bits per heavy atom. The van der Waals surface area contributed by atoms with Crippen molar-refractivity contribution in [1.29, 1.82) is 0 Å². The van der Waals surface area contributed by atoms with Crippen LogP contribution in [-0.2, 0) is 16.4 Å². The van der Waals surface area contributed by atoms with E-state index in [1.165, 1.54) is 19.1 Å². The number of aryl methyl sites for hydroxylation is 2. The first-order valence-electron chi connectivity index (χ1n) is 6.16. The lowest BCUT2D eigenvalue weighted by atomic mass is 10.2. The standard InChI is InChI=1S/C13H14N2O4S2/c1-3-9-4-6-10(7-5-9)21(18,19)15-12-11(13(16)17)8(2)14-20-12/h4-7,15H,3H2,1-2H3,(H,16,17). The number of benzene rings is 1. The van der Waals surface area contributed by atoms with Gasteiger partial charge in [0.05, 0.1) is 10.6 Å². The number of carboxylic acid groups (broad SMARTS) is 1. The smallest absolute Gasteiger partial charge is 0.340 e. The molecule has 1 aromatic carbocycles. The van der Waals surface area contributed by atoms with Gasteiger partial charge < -0.3 is 5.11 Å². The number of sulfonamides is 1. The van der Waals surface area contributed by atoms with E-state index in [2.05, 4.69) is 9.10 Å². The van der Waals surface area contributed by atoms with E-state index >= 15 is 0 Å². The molecule has 0 amide bonds. The first-order valence-corrected chi connectivity index (χ1v) is 8.42. The number of carboxylic acids is 1. The van der Waals surface area contributed by atoms with Crippen LogP contribution in [0.3, 0.4) is 0 Å². The highest BCUT2D eigenvalue weighted by atomic mass is 32.2. The van der Waals surface area contributed by atoms with Gasteiger partial charge in [-0.3, -0.25) is 4.72 Å². The number of aromatic carboxylic acids is 1. The predicted molar refractivity (Wildman–Crippen MR) is 80.4 cm³/mol. The molecule has 0 aliphatic carbocycles. The van der Waals surface area contributed by atoms with Gasteiger partial charge in [-0.1, -0.05) is 19.1 Å². The maximum absolute atomic E-state index is 12.3. The van der Waals surface area contributed by atoms with Gasteiger partial charge in [-0.2, -0.15) is 4.37 Å². The average molecular weight is 326 g/mol. The molecule has 0 radical (unpaired) electrons. The van der Waals surface area contributed by atoms with Crippen molar-refractivity contribution in [3.05, 3.63) is 41.1 Å². The summed E-state index contributed by atoms with van der Waals surface area (Å²) in [6.45, 7) is 3.49. The van der Waals surface area contributed by atoms with Gasteiger partial charge in [0.25, 0.3) is 10.0 Å². The molecule has 0 saturated heterocycles. The third-order valence-electron chi connectivity index (χ3n) is 2.95. The zero-order valence-corrected chi connectivity index (χ0v) is 13.1. The highest BCUT2D eigenvalue weighted by Crippen LogP contribution is 2.27. The Morgan fingerprint density at radius 1 is 1.33 bits per heavy atom. The molecule has 1 heterocycles. The van der Waals surface area contributed by atoms with Gasteiger partial charge in [0.15, 0.2) is 0 Å². The van der Waals surface area contributed by atoms with Crippen LogP contribution in [0.5, 0.6) is 0 Å². The zero-order valence-electron chi connectivity index (χ0n) is 11.5. The van der Waals surface area contributed by atoms with Crippen molar-refractivity contribution in [2.45, 2.75) is 25.2 Å². The molecule has 6 nitrogen and oxygen atoms in total. The van der Waals surface area contributed by atoms with E-state index in [1.807, 2.05) is 6.92 Å². The van der Waals surface area contributed by atoms with E-state index in [9.17, 15) is 13.2 Å². The van der Waals surface area contributed by atoms with Crippen LogP contribution < -0.4 is 4.72 Å². The minimum absolute atomic E-state index is 0.0135.